The van der Waals surface area contributed by atoms with Gasteiger partial charge in [-0.3, -0.25) is 9.59 Å². The molecule has 0 aromatic heterocycles. The zero-order valence-corrected chi connectivity index (χ0v) is 22.6. The van der Waals surface area contributed by atoms with E-state index in [1.165, 1.54) is 26.4 Å². The lowest BCUT2D eigenvalue weighted by Crippen LogP contribution is -2.15. The predicted molar refractivity (Wildman–Crippen MR) is 141 cm³/mol. The predicted octanol–water partition coefficient (Wildman–Crippen LogP) is 2.22. The molecule has 0 saturated heterocycles. The fourth-order valence-electron chi connectivity index (χ4n) is 3.17. The molecule has 39 heavy (non-hydrogen) atoms. The van der Waals surface area contributed by atoms with Crippen LogP contribution in [0.4, 0.5) is 0 Å². The first-order valence-electron chi connectivity index (χ1n) is 12.6. The van der Waals surface area contributed by atoms with Crippen molar-refractivity contribution in [3.63, 3.8) is 0 Å². The van der Waals surface area contributed by atoms with E-state index < -0.39 is 11.6 Å². The van der Waals surface area contributed by atoms with Crippen LogP contribution in [0.3, 0.4) is 0 Å². The van der Waals surface area contributed by atoms with Gasteiger partial charge in [0.15, 0.2) is 0 Å². The number of hydrogen-bond acceptors (Lipinski definition) is 11. The first-order chi connectivity index (χ1) is 19.1. The van der Waals surface area contributed by atoms with Crippen LogP contribution in [0.2, 0.25) is 0 Å². The number of ether oxygens (including phenoxy) is 8. The number of carbonyl (C=O) groups excluding carboxylic acids is 2. The Morgan fingerprint density at radius 1 is 0.538 bits per heavy atom. The molecule has 0 aliphatic rings. The van der Waals surface area contributed by atoms with Gasteiger partial charge in [-0.25, -0.2) is 0 Å². The van der Waals surface area contributed by atoms with Crippen molar-refractivity contribution in [1.82, 2.24) is 0 Å². The van der Waals surface area contributed by atoms with Crippen molar-refractivity contribution >= 4 is 11.6 Å². The number of hydrogen-bond donors (Lipinski definition) is 1. The van der Waals surface area contributed by atoms with Gasteiger partial charge in [-0.1, -0.05) is 0 Å². The minimum atomic E-state index is -0.669. The zero-order valence-electron chi connectivity index (χ0n) is 22.6. The van der Waals surface area contributed by atoms with Gasteiger partial charge in [-0.15, -0.1) is 0 Å². The Morgan fingerprint density at radius 3 is 1.46 bits per heavy atom. The van der Waals surface area contributed by atoms with E-state index in [9.17, 15) is 9.59 Å². The zero-order chi connectivity index (χ0) is 28.1. The molecule has 0 spiro atoms. The summed E-state index contributed by atoms with van der Waals surface area (Å²) in [6.45, 7) is 4.39. The van der Waals surface area contributed by atoms with Crippen LogP contribution in [0, 0.1) is 0 Å². The molecule has 2 aromatic rings. The summed E-state index contributed by atoms with van der Waals surface area (Å²) in [5.74, 6) is 0.0685. The van der Waals surface area contributed by atoms with E-state index in [0.29, 0.717) is 83.3 Å². The quantitative estimate of drug-likeness (QED) is 0.124. The van der Waals surface area contributed by atoms with Gasteiger partial charge in [0.1, 0.15) is 23.9 Å². The Kier molecular flexibility index (Phi) is 16.4. The van der Waals surface area contributed by atoms with Crippen molar-refractivity contribution < 1.29 is 52.6 Å². The van der Waals surface area contributed by atoms with Crippen LogP contribution in [0.15, 0.2) is 42.5 Å². The lowest BCUT2D eigenvalue weighted by Gasteiger charge is -2.11. The van der Waals surface area contributed by atoms with Crippen molar-refractivity contribution in [2.75, 3.05) is 93.5 Å². The SMILES string of the molecule is COc1ccc(C(=O)C(=O)c2cc(OC)cc(OCCOCCOCCOCCOCCOCCO)c2)cc1. The third kappa shape index (κ3) is 13.0. The molecule has 2 aromatic carbocycles. The lowest BCUT2D eigenvalue weighted by molar-refractivity contribution is -0.0146. The normalized spacial score (nSPS) is 10.8. The van der Waals surface area contributed by atoms with Gasteiger partial charge in [-0.05, 0) is 36.4 Å². The molecule has 0 atom stereocenters. The number of aliphatic hydroxyl groups is 1. The molecule has 0 aliphatic carbocycles. The van der Waals surface area contributed by atoms with Crippen LogP contribution in [-0.2, 0) is 23.7 Å². The maximum Gasteiger partial charge on any atom is 0.233 e. The number of ketones is 2. The van der Waals surface area contributed by atoms with E-state index in [2.05, 4.69) is 0 Å². The van der Waals surface area contributed by atoms with Gasteiger partial charge in [0.2, 0.25) is 11.6 Å². The van der Waals surface area contributed by atoms with Crippen molar-refractivity contribution in [2.45, 2.75) is 0 Å². The Hall–Kier alpha value is -3.06. The van der Waals surface area contributed by atoms with Gasteiger partial charge in [0, 0.05) is 17.2 Å². The average Bonchev–Trinajstić information content (AvgIpc) is 2.97. The molecule has 11 heteroatoms. The van der Waals surface area contributed by atoms with Gasteiger partial charge >= 0.3 is 0 Å². The van der Waals surface area contributed by atoms with E-state index in [4.69, 9.17) is 43.0 Å². The summed E-state index contributed by atoms with van der Waals surface area (Å²) in [5, 5.41) is 8.58. The van der Waals surface area contributed by atoms with Crippen LogP contribution >= 0.6 is 0 Å². The summed E-state index contributed by atoms with van der Waals surface area (Å²) in [6, 6.07) is 11.0. The molecule has 216 valence electrons. The van der Waals surface area contributed by atoms with E-state index >= 15 is 0 Å². The fraction of sp³-hybridized carbons (Fsp3) is 0.500. The molecule has 0 fully saturated rings. The van der Waals surface area contributed by atoms with E-state index in [1.54, 1.807) is 30.3 Å². The largest absolute Gasteiger partial charge is 0.497 e. The molecule has 11 nitrogen and oxygen atoms in total. The van der Waals surface area contributed by atoms with Gasteiger partial charge in [-0.2, -0.15) is 0 Å². The highest BCUT2D eigenvalue weighted by Crippen LogP contribution is 2.24. The Bertz CT molecular complexity index is 962. The second-order valence-corrected chi connectivity index (χ2v) is 7.92. The minimum absolute atomic E-state index is 0.00640. The number of rotatable bonds is 23. The third-order valence-electron chi connectivity index (χ3n) is 5.16. The molecular formula is C28H38O11. The highest BCUT2D eigenvalue weighted by molar-refractivity contribution is 6.49. The second-order valence-electron chi connectivity index (χ2n) is 7.92. The standard InChI is InChI=1S/C28H38O11/c1-32-24-5-3-22(4-6-24)27(30)28(31)23-19-25(33-2)21-26(20-23)39-18-17-38-16-15-37-14-13-36-12-11-35-10-9-34-8-7-29/h3-6,19-21,29H,7-18H2,1-2H3. The van der Waals surface area contributed by atoms with Crippen molar-refractivity contribution in [2.24, 2.45) is 0 Å². The van der Waals surface area contributed by atoms with Crippen molar-refractivity contribution in [3.8, 4) is 17.2 Å². The molecular weight excluding hydrogens is 512 g/mol. The monoisotopic (exact) mass is 550 g/mol. The van der Waals surface area contributed by atoms with Crippen molar-refractivity contribution in [3.05, 3.63) is 53.6 Å². The first-order valence-corrected chi connectivity index (χ1v) is 12.6. The molecule has 0 saturated carbocycles. The van der Waals surface area contributed by atoms with Gasteiger partial charge in [0.05, 0.1) is 86.9 Å². The Labute approximate surface area is 228 Å². The number of Topliss-reactive ketones (excluding diaryl/α,β-unsaturated/α-hetero) is 2. The summed E-state index contributed by atoms with van der Waals surface area (Å²) in [4.78, 5) is 25.4. The number of carbonyl (C=O) groups is 2. The van der Waals surface area contributed by atoms with Crippen LogP contribution in [0.5, 0.6) is 17.2 Å². The smallest absolute Gasteiger partial charge is 0.233 e. The summed E-state index contributed by atoms with van der Waals surface area (Å²) in [5.41, 5.74) is 0.430. The maximum atomic E-state index is 12.8. The van der Waals surface area contributed by atoms with Gasteiger partial charge in [0.25, 0.3) is 0 Å². The molecule has 0 heterocycles. The van der Waals surface area contributed by atoms with Crippen LogP contribution in [0.25, 0.3) is 0 Å². The third-order valence-corrected chi connectivity index (χ3v) is 5.16. The number of benzene rings is 2. The second kappa shape index (κ2) is 19.9. The van der Waals surface area contributed by atoms with E-state index in [1.807, 2.05) is 0 Å². The van der Waals surface area contributed by atoms with E-state index in [0.717, 1.165) is 0 Å². The molecule has 1 N–H and O–H groups in total. The van der Waals surface area contributed by atoms with E-state index in [-0.39, 0.29) is 24.3 Å². The molecule has 0 aliphatic heterocycles. The molecule has 0 bridgehead atoms. The number of aliphatic hydroxyl groups excluding tert-OH is 1. The first kappa shape index (κ1) is 32.2. The lowest BCUT2D eigenvalue weighted by atomic mass is 10.0. The topological polar surface area (TPSA) is 128 Å². The highest BCUT2D eigenvalue weighted by Gasteiger charge is 2.20. The average molecular weight is 551 g/mol. The molecule has 2 rings (SSSR count). The van der Waals surface area contributed by atoms with Crippen LogP contribution in [-0.4, -0.2) is 110 Å². The summed E-state index contributed by atoms with van der Waals surface area (Å²) >= 11 is 0. The van der Waals surface area contributed by atoms with Crippen molar-refractivity contribution in [1.29, 1.82) is 0 Å². The Balaban J connectivity index is 1.60. The van der Waals surface area contributed by atoms with Crippen LogP contribution in [0.1, 0.15) is 20.7 Å². The number of methoxy groups -OCH3 is 2. The molecule has 0 unspecified atom stereocenters. The van der Waals surface area contributed by atoms with Crippen LogP contribution < -0.4 is 14.2 Å². The fourth-order valence-corrected chi connectivity index (χ4v) is 3.17. The minimum Gasteiger partial charge on any atom is -0.497 e. The Morgan fingerprint density at radius 2 is 0.974 bits per heavy atom. The summed E-state index contributed by atoms with van der Waals surface area (Å²) < 4.78 is 42.8. The molecule has 0 radical (unpaired) electrons. The molecule has 0 amide bonds. The summed E-state index contributed by atoms with van der Waals surface area (Å²) in [6.07, 6.45) is 0. The summed E-state index contributed by atoms with van der Waals surface area (Å²) in [7, 11) is 3.00. The highest BCUT2D eigenvalue weighted by atomic mass is 16.6. The maximum absolute atomic E-state index is 12.8. The van der Waals surface area contributed by atoms with Gasteiger partial charge < -0.3 is 43.0 Å².